The van der Waals surface area contributed by atoms with Crippen molar-refractivity contribution in [1.29, 1.82) is 0 Å². The fraction of sp³-hybridized carbons (Fsp3) is 0.526. The van der Waals surface area contributed by atoms with Crippen LogP contribution in [0.4, 0.5) is 5.69 Å². The zero-order valence-corrected chi connectivity index (χ0v) is 14.3. The van der Waals surface area contributed by atoms with Crippen LogP contribution in [0.1, 0.15) is 25.7 Å². The molecule has 0 radical (unpaired) electrons. The summed E-state index contributed by atoms with van der Waals surface area (Å²) in [5.41, 5.74) is 2.30. The molecule has 4 heteroatoms. The maximum atomic E-state index is 4.80. The molecule has 126 valence electrons. The summed E-state index contributed by atoms with van der Waals surface area (Å²) in [6.45, 7) is 9.55. The number of piperazine rings is 1. The van der Waals surface area contributed by atoms with E-state index in [1.807, 2.05) is 0 Å². The lowest BCUT2D eigenvalue weighted by atomic mass is 10.1. The maximum Gasteiger partial charge on any atom is 0.106 e. The summed E-state index contributed by atoms with van der Waals surface area (Å²) in [5, 5.41) is 3.95. The molecule has 2 rings (SSSR count). The third-order valence-electron chi connectivity index (χ3n) is 4.35. The minimum absolute atomic E-state index is 0.948. The van der Waals surface area contributed by atoms with Gasteiger partial charge in [-0.1, -0.05) is 36.4 Å². The molecule has 0 aliphatic carbocycles. The monoisotopic (exact) mass is 315 g/mol. The molecule has 0 spiro atoms. The summed E-state index contributed by atoms with van der Waals surface area (Å²) in [4.78, 5) is 9.86. The molecule has 0 unspecified atom stereocenters. The van der Waals surface area contributed by atoms with Gasteiger partial charge in [0.15, 0.2) is 0 Å². The van der Waals surface area contributed by atoms with Crippen molar-refractivity contribution in [2.24, 2.45) is 5.16 Å². The third-order valence-corrected chi connectivity index (χ3v) is 4.35. The summed E-state index contributed by atoms with van der Waals surface area (Å²) >= 11 is 0. The highest BCUT2D eigenvalue weighted by Gasteiger charge is 2.16. The number of oxime groups is 1. The molecule has 0 bridgehead atoms. The Hall–Kier alpha value is -1.81. The van der Waals surface area contributed by atoms with E-state index >= 15 is 0 Å². The van der Waals surface area contributed by atoms with Gasteiger partial charge in [-0.25, -0.2) is 0 Å². The molecule has 1 saturated heterocycles. The van der Waals surface area contributed by atoms with Gasteiger partial charge in [0.25, 0.3) is 0 Å². The molecule has 23 heavy (non-hydrogen) atoms. The van der Waals surface area contributed by atoms with E-state index in [4.69, 9.17) is 4.84 Å². The highest BCUT2D eigenvalue weighted by molar-refractivity contribution is 5.93. The molecule has 1 aliphatic heterocycles. The minimum Gasteiger partial charge on any atom is -0.399 e. The van der Waals surface area contributed by atoms with Crippen molar-refractivity contribution in [2.45, 2.75) is 25.7 Å². The van der Waals surface area contributed by atoms with Gasteiger partial charge in [-0.15, -0.1) is 0 Å². The van der Waals surface area contributed by atoms with Crippen LogP contribution in [-0.4, -0.2) is 50.4 Å². The van der Waals surface area contributed by atoms with Gasteiger partial charge in [0.05, 0.1) is 5.71 Å². The number of anilines is 1. The van der Waals surface area contributed by atoms with E-state index in [0.717, 1.165) is 44.7 Å². The normalized spacial score (nSPS) is 16.4. The smallest absolute Gasteiger partial charge is 0.106 e. The van der Waals surface area contributed by atoms with Crippen molar-refractivity contribution in [3.8, 4) is 0 Å². The van der Waals surface area contributed by atoms with Crippen molar-refractivity contribution in [3.63, 3.8) is 0 Å². The van der Waals surface area contributed by atoms with Gasteiger partial charge in [0.1, 0.15) is 7.11 Å². The van der Waals surface area contributed by atoms with Gasteiger partial charge >= 0.3 is 0 Å². The number of nitrogens with zero attached hydrogens (tertiary/aromatic N) is 3. The molecule has 1 fully saturated rings. The molecule has 1 heterocycles. The summed E-state index contributed by atoms with van der Waals surface area (Å²) in [6, 6.07) is 10.7. The predicted octanol–water partition coefficient (Wildman–Crippen LogP) is 3.56. The molecule has 0 N–H and O–H groups in total. The Balaban J connectivity index is 1.58. The molecule has 0 saturated carbocycles. The number of hydrogen-bond donors (Lipinski definition) is 0. The zero-order valence-electron chi connectivity index (χ0n) is 14.3. The van der Waals surface area contributed by atoms with Crippen LogP contribution in [0.15, 0.2) is 48.1 Å². The quantitative estimate of drug-likeness (QED) is 0.396. The lowest BCUT2D eigenvalue weighted by Crippen LogP contribution is -2.46. The average Bonchev–Trinajstić information content (AvgIpc) is 2.62. The van der Waals surface area contributed by atoms with E-state index in [1.165, 1.54) is 25.1 Å². The maximum absolute atomic E-state index is 4.80. The number of allylic oxidation sites excluding steroid dienone is 1. The van der Waals surface area contributed by atoms with Crippen molar-refractivity contribution in [3.05, 3.63) is 43.0 Å². The topological polar surface area (TPSA) is 28.1 Å². The third kappa shape index (κ3) is 6.06. The van der Waals surface area contributed by atoms with E-state index in [2.05, 4.69) is 51.9 Å². The van der Waals surface area contributed by atoms with Crippen molar-refractivity contribution >= 4 is 11.4 Å². The summed E-state index contributed by atoms with van der Waals surface area (Å²) in [7, 11) is 1.58. The second kappa shape index (κ2) is 10.1. The highest BCUT2D eigenvalue weighted by Crippen LogP contribution is 2.15. The first-order valence-corrected chi connectivity index (χ1v) is 8.58. The number of para-hydroxylation sites is 1. The Kier molecular flexibility index (Phi) is 7.67. The second-order valence-corrected chi connectivity index (χ2v) is 5.94. The Bertz CT molecular complexity index is 479. The van der Waals surface area contributed by atoms with Gasteiger partial charge in [-0.3, -0.25) is 4.90 Å². The van der Waals surface area contributed by atoms with E-state index in [-0.39, 0.29) is 0 Å². The van der Waals surface area contributed by atoms with Crippen LogP contribution >= 0.6 is 0 Å². The van der Waals surface area contributed by atoms with Crippen LogP contribution in [0.2, 0.25) is 0 Å². The van der Waals surface area contributed by atoms with Crippen molar-refractivity contribution < 1.29 is 4.84 Å². The summed E-state index contributed by atoms with van der Waals surface area (Å²) in [6.07, 6.45) is 6.38. The van der Waals surface area contributed by atoms with E-state index in [0.29, 0.717) is 0 Å². The van der Waals surface area contributed by atoms with Crippen LogP contribution in [0.5, 0.6) is 0 Å². The van der Waals surface area contributed by atoms with Crippen LogP contribution in [0.3, 0.4) is 0 Å². The molecule has 0 amide bonds. The molecule has 1 aliphatic rings. The van der Waals surface area contributed by atoms with Gasteiger partial charge < -0.3 is 9.74 Å². The molecule has 4 nitrogen and oxygen atoms in total. The highest BCUT2D eigenvalue weighted by atomic mass is 16.6. The van der Waals surface area contributed by atoms with Gasteiger partial charge in [0.2, 0.25) is 0 Å². The van der Waals surface area contributed by atoms with Gasteiger partial charge in [-0.2, -0.15) is 0 Å². The number of hydrogen-bond acceptors (Lipinski definition) is 4. The van der Waals surface area contributed by atoms with Gasteiger partial charge in [-0.05, 0) is 44.0 Å². The van der Waals surface area contributed by atoms with E-state index in [9.17, 15) is 0 Å². The fourth-order valence-electron chi connectivity index (χ4n) is 2.99. The SMILES string of the molecule is C=C/C(CCCCCN1CCN(c2ccccc2)CC1)=N\OC. The first kappa shape index (κ1) is 17.5. The first-order valence-electron chi connectivity index (χ1n) is 8.58. The molecular weight excluding hydrogens is 286 g/mol. The largest absolute Gasteiger partial charge is 0.399 e. The predicted molar refractivity (Wildman–Crippen MR) is 98.2 cm³/mol. The Morgan fingerprint density at radius 1 is 1.13 bits per heavy atom. The fourth-order valence-corrected chi connectivity index (χ4v) is 2.99. The zero-order chi connectivity index (χ0) is 16.3. The molecular formula is C19H29N3O. The van der Waals surface area contributed by atoms with Crippen LogP contribution in [-0.2, 0) is 4.84 Å². The average molecular weight is 315 g/mol. The van der Waals surface area contributed by atoms with Gasteiger partial charge in [0, 0.05) is 31.9 Å². The summed E-state index contributed by atoms with van der Waals surface area (Å²) < 4.78 is 0. The lowest BCUT2D eigenvalue weighted by Gasteiger charge is -2.36. The Morgan fingerprint density at radius 3 is 2.52 bits per heavy atom. The molecule has 0 aromatic heterocycles. The standard InChI is InChI=1S/C19H29N3O/c1-3-18(20-23-2)10-6-5-9-13-21-14-16-22(17-15-21)19-11-7-4-8-12-19/h3-4,7-8,11-12H,1,5-6,9-10,13-17H2,2H3/b20-18+. The lowest BCUT2D eigenvalue weighted by molar-refractivity contribution is 0.213. The van der Waals surface area contributed by atoms with Crippen molar-refractivity contribution in [1.82, 2.24) is 4.90 Å². The van der Waals surface area contributed by atoms with E-state index in [1.54, 1.807) is 13.2 Å². The number of unbranched alkanes of at least 4 members (excludes halogenated alkanes) is 2. The molecule has 1 aromatic rings. The minimum atomic E-state index is 0.948. The number of rotatable bonds is 9. The summed E-state index contributed by atoms with van der Waals surface area (Å²) in [5.74, 6) is 0. The van der Waals surface area contributed by atoms with Crippen LogP contribution in [0.25, 0.3) is 0 Å². The molecule has 1 aromatic carbocycles. The van der Waals surface area contributed by atoms with Crippen molar-refractivity contribution in [2.75, 3.05) is 44.7 Å². The van der Waals surface area contributed by atoms with E-state index < -0.39 is 0 Å². The molecule has 0 atom stereocenters. The van der Waals surface area contributed by atoms with Crippen LogP contribution in [0, 0.1) is 0 Å². The first-order chi connectivity index (χ1) is 11.3. The second-order valence-electron chi connectivity index (χ2n) is 5.94. The Morgan fingerprint density at radius 2 is 1.87 bits per heavy atom. The Labute approximate surface area is 140 Å². The number of benzene rings is 1. The van der Waals surface area contributed by atoms with Crippen LogP contribution < -0.4 is 4.90 Å².